The fraction of sp³-hybridized carbons (Fsp3) is 0.133. The molecule has 0 atom stereocenters. The van der Waals surface area contributed by atoms with Gasteiger partial charge in [0.25, 0.3) is 0 Å². The van der Waals surface area contributed by atoms with Gasteiger partial charge in [-0.3, -0.25) is 0 Å². The van der Waals surface area contributed by atoms with Crippen molar-refractivity contribution in [2.24, 2.45) is 0 Å². The van der Waals surface area contributed by atoms with E-state index in [1.165, 1.54) is 16.8 Å². The molecule has 3 heteroatoms. The van der Waals surface area contributed by atoms with Gasteiger partial charge in [-0.05, 0) is 26.0 Å². The van der Waals surface area contributed by atoms with E-state index in [4.69, 9.17) is 0 Å². The summed E-state index contributed by atoms with van der Waals surface area (Å²) in [5.41, 5.74) is 5.67. The normalized spacial score (nSPS) is 10.3. The van der Waals surface area contributed by atoms with Crippen LogP contribution in [0.2, 0.25) is 0 Å². The Hall–Kier alpha value is -1.36. The van der Waals surface area contributed by atoms with Crippen LogP contribution < -0.4 is 24.0 Å². The molecule has 0 saturated carbocycles. The second-order valence-electron chi connectivity index (χ2n) is 4.39. The van der Waals surface area contributed by atoms with E-state index in [0.717, 1.165) is 11.3 Å². The lowest BCUT2D eigenvalue weighted by Crippen LogP contribution is -3.00. The zero-order valence-electron chi connectivity index (χ0n) is 10.4. The lowest BCUT2D eigenvalue weighted by molar-refractivity contribution is -0.00000364. The zero-order valence-corrected chi connectivity index (χ0v) is 12.5. The van der Waals surface area contributed by atoms with Crippen molar-refractivity contribution < 1.29 is 24.0 Å². The zero-order chi connectivity index (χ0) is 11.8. The fourth-order valence-corrected chi connectivity index (χ4v) is 2.01. The molecule has 2 aromatic heterocycles. The SMILES string of the molecule is Cc1ccc(-c2cn3c(C)cccc3n2)cc1.[I-]. The topological polar surface area (TPSA) is 17.3 Å². The monoisotopic (exact) mass is 349 g/mol. The van der Waals surface area contributed by atoms with E-state index >= 15 is 0 Å². The molecular formula is C15H14IN2-. The number of benzene rings is 1. The summed E-state index contributed by atoms with van der Waals surface area (Å²) in [4.78, 5) is 4.64. The highest BCUT2D eigenvalue weighted by molar-refractivity contribution is 5.63. The smallest absolute Gasteiger partial charge is 0.137 e. The van der Waals surface area contributed by atoms with Crippen LogP contribution in [0.3, 0.4) is 0 Å². The highest BCUT2D eigenvalue weighted by atomic mass is 127. The highest BCUT2D eigenvalue weighted by Gasteiger charge is 2.04. The van der Waals surface area contributed by atoms with Crippen LogP contribution in [0.5, 0.6) is 0 Å². The van der Waals surface area contributed by atoms with Gasteiger partial charge < -0.3 is 28.4 Å². The van der Waals surface area contributed by atoms with E-state index in [0.29, 0.717) is 0 Å². The van der Waals surface area contributed by atoms with Gasteiger partial charge in [0.15, 0.2) is 0 Å². The third-order valence-electron chi connectivity index (χ3n) is 3.04. The average Bonchev–Trinajstić information content (AvgIpc) is 2.75. The quantitative estimate of drug-likeness (QED) is 0.589. The van der Waals surface area contributed by atoms with Crippen molar-refractivity contribution in [2.75, 3.05) is 0 Å². The van der Waals surface area contributed by atoms with Gasteiger partial charge in [-0.15, -0.1) is 0 Å². The van der Waals surface area contributed by atoms with E-state index in [-0.39, 0.29) is 24.0 Å². The summed E-state index contributed by atoms with van der Waals surface area (Å²) in [6, 6.07) is 14.6. The molecule has 0 fully saturated rings. The third kappa shape index (κ3) is 2.27. The van der Waals surface area contributed by atoms with Gasteiger partial charge in [-0.2, -0.15) is 0 Å². The van der Waals surface area contributed by atoms with Crippen molar-refractivity contribution in [3.63, 3.8) is 0 Å². The van der Waals surface area contributed by atoms with Crippen molar-refractivity contribution in [3.8, 4) is 11.3 Å². The van der Waals surface area contributed by atoms with Crippen LogP contribution in [0, 0.1) is 13.8 Å². The number of imidazole rings is 1. The van der Waals surface area contributed by atoms with Crippen molar-refractivity contribution in [2.45, 2.75) is 13.8 Å². The van der Waals surface area contributed by atoms with Gasteiger partial charge in [-0.1, -0.05) is 35.9 Å². The first-order valence-electron chi connectivity index (χ1n) is 5.76. The molecule has 2 nitrogen and oxygen atoms in total. The van der Waals surface area contributed by atoms with Crippen LogP contribution in [-0.2, 0) is 0 Å². The molecule has 0 saturated heterocycles. The Bertz CT molecular complexity index is 669. The second-order valence-corrected chi connectivity index (χ2v) is 4.39. The van der Waals surface area contributed by atoms with Crippen LogP contribution in [0.25, 0.3) is 16.9 Å². The molecule has 0 aliphatic carbocycles. The standard InChI is InChI=1S/C15H14N2.HI/c1-11-6-8-13(9-7-11)14-10-17-12(2)4-3-5-15(17)16-14;/h3-10H,1-2H3;1H/p-1. The minimum Gasteiger partial charge on any atom is -1.00 e. The molecule has 0 amide bonds. The Kier molecular flexibility index (Phi) is 3.71. The molecule has 2 heterocycles. The summed E-state index contributed by atoms with van der Waals surface area (Å²) in [7, 11) is 0. The van der Waals surface area contributed by atoms with Gasteiger partial charge >= 0.3 is 0 Å². The number of rotatable bonds is 1. The number of nitrogens with zero attached hydrogens (tertiary/aromatic N) is 2. The van der Waals surface area contributed by atoms with Gasteiger partial charge in [0, 0.05) is 17.5 Å². The Balaban J connectivity index is 0.00000120. The second kappa shape index (κ2) is 5.10. The Morgan fingerprint density at radius 1 is 0.944 bits per heavy atom. The van der Waals surface area contributed by atoms with Crippen molar-refractivity contribution in [1.29, 1.82) is 0 Å². The summed E-state index contributed by atoms with van der Waals surface area (Å²) in [5.74, 6) is 0. The van der Waals surface area contributed by atoms with Gasteiger partial charge in [-0.25, -0.2) is 4.98 Å². The number of hydrogen-bond donors (Lipinski definition) is 0. The predicted octanol–water partition coefficient (Wildman–Crippen LogP) is 0.622. The molecule has 3 rings (SSSR count). The molecule has 1 aromatic carbocycles. The molecule has 0 aliphatic heterocycles. The van der Waals surface area contributed by atoms with Crippen molar-refractivity contribution in [1.82, 2.24) is 9.38 Å². The van der Waals surface area contributed by atoms with E-state index in [9.17, 15) is 0 Å². The first kappa shape index (κ1) is 13.1. The number of aromatic nitrogens is 2. The molecule has 18 heavy (non-hydrogen) atoms. The summed E-state index contributed by atoms with van der Waals surface area (Å²) in [6.45, 7) is 4.19. The maximum absolute atomic E-state index is 4.64. The summed E-state index contributed by atoms with van der Waals surface area (Å²) < 4.78 is 2.12. The van der Waals surface area contributed by atoms with Gasteiger partial charge in [0.1, 0.15) is 5.65 Å². The summed E-state index contributed by atoms with van der Waals surface area (Å²) in [5, 5.41) is 0. The summed E-state index contributed by atoms with van der Waals surface area (Å²) in [6.07, 6.45) is 2.09. The fourth-order valence-electron chi connectivity index (χ4n) is 2.01. The molecule has 92 valence electrons. The first-order valence-corrected chi connectivity index (χ1v) is 5.76. The molecule has 3 aromatic rings. The van der Waals surface area contributed by atoms with Crippen LogP contribution in [-0.4, -0.2) is 9.38 Å². The Morgan fingerprint density at radius 3 is 2.33 bits per heavy atom. The highest BCUT2D eigenvalue weighted by Crippen LogP contribution is 2.20. The maximum atomic E-state index is 4.64. The van der Waals surface area contributed by atoms with Crippen LogP contribution in [0.4, 0.5) is 0 Å². The largest absolute Gasteiger partial charge is 1.00 e. The molecule has 0 N–H and O–H groups in total. The minimum atomic E-state index is 0. The molecule has 0 radical (unpaired) electrons. The molecule has 0 unspecified atom stereocenters. The molecule has 0 aliphatic rings. The number of fused-ring (bicyclic) bond motifs is 1. The number of halogens is 1. The predicted molar refractivity (Wildman–Crippen MR) is 70.1 cm³/mol. The van der Waals surface area contributed by atoms with E-state index < -0.39 is 0 Å². The molecule has 0 bridgehead atoms. The lowest BCUT2D eigenvalue weighted by Gasteiger charge is -1.97. The minimum absolute atomic E-state index is 0. The number of pyridine rings is 1. The Morgan fingerprint density at radius 2 is 1.67 bits per heavy atom. The molecular weight excluding hydrogens is 335 g/mol. The van der Waals surface area contributed by atoms with Crippen LogP contribution >= 0.6 is 0 Å². The van der Waals surface area contributed by atoms with Crippen LogP contribution in [0.1, 0.15) is 11.3 Å². The van der Waals surface area contributed by atoms with Crippen LogP contribution in [0.15, 0.2) is 48.7 Å². The van der Waals surface area contributed by atoms with Gasteiger partial charge in [0.05, 0.1) is 5.69 Å². The maximum Gasteiger partial charge on any atom is 0.137 e. The number of aryl methyl sites for hydroxylation is 2. The molecule has 0 spiro atoms. The first-order chi connectivity index (χ1) is 8.24. The van der Waals surface area contributed by atoms with E-state index in [1.54, 1.807) is 0 Å². The summed E-state index contributed by atoms with van der Waals surface area (Å²) >= 11 is 0. The van der Waals surface area contributed by atoms with Crippen molar-refractivity contribution >= 4 is 5.65 Å². The number of hydrogen-bond acceptors (Lipinski definition) is 1. The average molecular weight is 349 g/mol. The van der Waals surface area contributed by atoms with Crippen molar-refractivity contribution in [3.05, 3.63) is 59.9 Å². The Labute approximate surface area is 124 Å². The third-order valence-corrected chi connectivity index (χ3v) is 3.04. The van der Waals surface area contributed by atoms with Gasteiger partial charge in [0.2, 0.25) is 0 Å². The van der Waals surface area contributed by atoms with E-state index in [1.807, 2.05) is 12.1 Å². The van der Waals surface area contributed by atoms with E-state index in [2.05, 4.69) is 59.8 Å². The lowest BCUT2D eigenvalue weighted by atomic mass is 10.1.